The third-order valence-corrected chi connectivity index (χ3v) is 4.63. The highest BCUT2D eigenvalue weighted by molar-refractivity contribution is 5.83. The van der Waals surface area contributed by atoms with Crippen LogP contribution in [-0.2, 0) is 4.79 Å². The molecule has 1 heterocycles. The number of hydrogen-bond acceptors (Lipinski definition) is 4. The van der Waals surface area contributed by atoms with Crippen LogP contribution in [0.3, 0.4) is 0 Å². The van der Waals surface area contributed by atoms with Gasteiger partial charge in [-0.2, -0.15) is 0 Å². The maximum Gasteiger partial charge on any atom is 0.239 e. The first-order valence-corrected chi connectivity index (χ1v) is 8.19. The molecule has 1 unspecified atom stereocenters. The lowest BCUT2D eigenvalue weighted by atomic mass is 10.1. The quantitative estimate of drug-likeness (QED) is 0.886. The van der Waals surface area contributed by atoms with Gasteiger partial charge in [-0.05, 0) is 37.1 Å². The molecular formula is C17H25N3O2. The molecule has 1 aliphatic carbocycles. The molecular weight excluding hydrogens is 278 g/mol. The highest BCUT2D eigenvalue weighted by Crippen LogP contribution is 2.21. The van der Waals surface area contributed by atoms with Gasteiger partial charge in [-0.3, -0.25) is 4.79 Å². The smallest absolute Gasteiger partial charge is 0.239 e. The van der Waals surface area contributed by atoms with Crippen molar-refractivity contribution in [3.63, 3.8) is 0 Å². The highest BCUT2D eigenvalue weighted by Gasteiger charge is 2.27. The molecule has 0 bridgehead atoms. The van der Waals surface area contributed by atoms with Crippen LogP contribution in [0.25, 0.3) is 0 Å². The Morgan fingerprint density at radius 1 is 1.27 bits per heavy atom. The van der Waals surface area contributed by atoms with Gasteiger partial charge in [-0.1, -0.05) is 12.8 Å². The fourth-order valence-electron chi connectivity index (χ4n) is 3.33. The van der Waals surface area contributed by atoms with E-state index in [0.29, 0.717) is 12.6 Å². The number of anilines is 1. The van der Waals surface area contributed by atoms with Crippen molar-refractivity contribution in [1.29, 1.82) is 0 Å². The third-order valence-electron chi connectivity index (χ3n) is 4.63. The Morgan fingerprint density at radius 2 is 2.00 bits per heavy atom. The minimum absolute atomic E-state index is 0.128. The topological polar surface area (TPSA) is 53.6 Å². The number of nitrogens with zero attached hydrogens (tertiary/aromatic N) is 1. The summed E-state index contributed by atoms with van der Waals surface area (Å²) < 4.78 is 5.20. The number of amides is 1. The number of hydrogen-bond donors (Lipinski definition) is 2. The minimum atomic E-state index is -0.128. The number of piperazine rings is 1. The molecule has 5 nitrogen and oxygen atoms in total. The zero-order chi connectivity index (χ0) is 15.4. The maximum atomic E-state index is 12.4. The van der Waals surface area contributed by atoms with Gasteiger partial charge in [0.15, 0.2) is 0 Å². The number of carbonyl (C=O) groups excluding carboxylic acids is 1. The van der Waals surface area contributed by atoms with Gasteiger partial charge in [-0.15, -0.1) is 0 Å². The standard InChI is InChI=1S/C17H25N3O2/c1-22-15-8-6-14(7-9-15)20-11-10-18-16(12-20)17(21)19-13-4-2-3-5-13/h6-9,13,16,18H,2-5,10-12H2,1H3,(H,19,21). The first kappa shape index (κ1) is 15.2. The van der Waals surface area contributed by atoms with Gasteiger partial charge in [0.2, 0.25) is 5.91 Å². The van der Waals surface area contributed by atoms with E-state index in [2.05, 4.69) is 27.7 Å². The third kappa shape index (κ3) is 3.53. The molecule has 0 radical (unpaired) electrons. The second-order valence-corrected chi connectivity index (χ2v) is 6.14. The Kier molecular flexibility index (Phi) is 4.83. The summed E-state index contributed by atoms with van der Waals surface area (Å²) >= 11 is 0. The fourth-order valence-corrected chi connectivity index (χ4v) is 3.33. The molecule has 22 heavy (non-hydrogen) atoms. The zero-order valence-corrected chi connectivity index (χ0v) is 13.2. The first-order chi connectivity index (χ1) is 10.8. The number of methoxy groups -OCH3 is 1. The lowest BCUT2D eigenvalue weighted by molar-refractivity contribution is -0.123. The summed E-state index contributed by atoms with van der Waals surface area (Å²) in [4.78, 5) is 14.7. The number of carbonyl (C=O) groups is 1. The molecule has 1 aromatic carbocycles. The summed E-state index contributed by atoms with van der Waals surface area (Å²) in [5, 5.41) is 6.53. The van der Waals surface area contributed by atoms with Gasteiger partial charge < -0.3 is 20.3 Å². The molecule has 1 saturated heterocycles. The van der Waals surface area contributed by atoms with Crippen LogP contribution in [-0.4, -0.2) is 44.7 Å². The highest BCUT2D eigenvalue weighted by atomic mass is 16.5. The maximum absolute atomic E-state index is 12.4. The van der Waals surface area contributed by atoms with Crippen molar-refractivity contribution in [2.75, 3.05) is 31.6 Å². The predicted molar refractivity (Wildman–Crippen MR) is 87.4 cm³/mol. The molecule has 1 saturated carbocycles. The van der Waals surface area contributed by atoms with Crippen LogP contribution in [0.2, 0.25) is 0 Å². The van der Waals surface area contributed by atoms with Crippen LogP contribution < -0.4 is 20.3 Å². The second-order valence-electron chi connectivity index (χ2n) is 6.14. The molecule has 2 aliphatic rings. The van der Waals surface area contributed by atoms with Crippen molar-refractivity contribution in [2.24, 2.45) is 0 Å². The average molecular weight is 303 g/mol. The van der Waals surface area contributed by atoms with Crippen LogP contribution in [0.15, 0.2) is 24.3 Å². The summed E-state index contributed by atoms with van der Waals surface area (Å²) in [6, 6.07) is 8.28. The Labute approximate surface area is 132 Å². The van der Waals surface area contributed by atoms with E-state index in [-0.39, 0.29) is 11.9 Å². The number of rotatable bonds is 4. The van der Waals surface area contributed by atoms with Crippen molar-refractivity contribution in [3.8, 4) is 5.75 Å². The molecule has 3 rings (SSSR count). The summed E-state index contributed by atoms with van der Waals surface area (Å²) in [6.07, 6.45) is 4.73. The largest absolute Gasteiger partial charge is 0.497 e. The van der Waals surface area contributed by atoms with Crippen molar-refractivity contribution in [1.82, 2.24) is 10.6 Å². The Balaban J connectivity index is 1.59. The van der Waals surface area contributed by atoms with E-state index in [4.69, 9.17) is 4.74 Å². The van der Waals surface area contributed by atoms with Crippen molar-refractivity contribution >= 4 is 11.6 Å². The lowest BCUT2D eigenvalue weighted by Crippen LogP contribution is -2.58. The summed E-state index contributed by atoms with van der Waals surface area (Å²) in [7, 11) is 1.67. The van der Waals surface area contributed by atoms with Crippen LogP contribution in [0.1, 0.15) is 25.7 Å². The van der Waals surface area contributed by atoms with Gasteiger partial charge in [0, 0.05) is 31.4 Å². The predicted octanol–water partition coefficient (Wildman–Crippen LogP) is 1.53. The van der Waals surface area contributed by atoms with Crippen molar-refractivity contribution in [2.45, 2.75) is 37.8 Å². The molecule has 120 valence electrons. The van der Waals surface area contributed by atoms with Crippen LogP contribution >= 0.6 is 0 Å². The lowest BCUT2D eigenvalue weighted by Gasteiger charge is -2.35. The van der Waals surface area contributed by atoms with Gasteiger partial charge in [-0.25, -0.2) is 0 Å². The first-order valence-electron chi connectivity index (χ1n) is 8.19. The van der Waals surface area contributed by atoms with Crippen LogP contribution in [0, 0.1) is 0 Å². The number of benzene rings is 1. The SMILES string of the molecule is COc1ccc(N2CCNC(C(=O)NC3CCCC3)C2)cc1. The van der Waals surface area contributed by atoms with Gasteiger partial charge in [0.25, 0.3) is 0 Å². The summed E-state index contributed by atoms with van der Waals surface area (Å²) in [5.74, 6) is 1.000. The molecule has 1 aromatic rings. The Hall–Kier alpha value is -1.75. The average Bonchev–Trinajstić information content (AvgIpc) is 3.08. The van der Waals surface area contributed by atoms with Crippen LogP contribution in [0.5, 0.6) is 5.75 Å². The molecule has 1 atom stereocenters. The molecule has 0 aromatic heterocycles. The van der Waals surface area contributed by atoms with E-state index in [1.54, 1.807) is 7.11 Å². The minimum Gasteiger partial charge on any atom is -0.497 e. The van der Waals surface area contributed by atoms with E-state index < -0.39 is 0 Å². The zero-order valence-electron chi connectivity index (χ0n) is 13.2. The molecule has 1 aliphatic heterocycles. The van der Waals surface area contributed by atoms with E-state index in [0.717, 1.165) is 37.4 Å². The summed E-state index contributed by atoms with van der Waals surface area (Å²) in [5.41, 5.74) is 1.14. The molecule has 0 spiro atoms. The Morgan fingerprint density at radius 3 is 2.68 bits per heavy atom. The van der Waals surface area contributed by atoms with Crippen molar-refractivity contribution in [3.05, 3.63) is 24.3 Å². The summed E-state index contributed by atoms with van der Waals surface area (Å²) in [6.45, 7) is 2.46. The van der Waals surface area contributed by atoms with Crippen molar-refractivity contribution < 1.29 is 9.53 Å². The van der Waals surface area contributed by atoms with Gasteiger partial charge >= 0.3 is 0 Å². The number of ether oxygens (including phenoxy) is 1. The Bertz CT molecular complexity index is 497. The van der Waals surface area contributed by atoms with E-state index in [9.17, 15) is 4.79 Å². The molecule has 1 amide bonds. The number of nitrogens with one attached hydrogen (secondary N) is 2. The van der Waals surface area contributed by atoms with E-state index in [1.807, 2.05) is 12.1 Å². The fraction of sp³-hybridized carbons (Fsp3) is 0.588. The molecule has 2 N–H and O–H groups in total. The second kappa shape index (κ2) is 7.01. The normalized spacial score (nSPS) is 22.6. The monoisotopic (exact) mass is 303 g/mol. The molecule has 5 heteroatoms. The molecule has 2 fully saturated rings. The van der Waals surface area contributed by atoms with E-state index in [1.165, 1.54) is 12.8 Å². The van der Waals surface area contributed by atoms with E-state index >= 15 is 0 Å². The van der Waals surface area contributed by atoms with Gasteiger partial charge in [0.1, 0.15) is 11.8 Å². The van der Waals surface area contributed by atoms with Crippen LogP contribution in [0.4, 0.5) is 5.69 Å². The van der Waals surface area contributed by atoms with Gasteiger partial charge in [0.05, 0.1) is 7.11 Å².